The number of benzene rings is 2. The number of fused-ring (bicyclic) bond motifs is 1. The lowest BCUT2D eigenvalue weighted by atomic mass is 10.0. The van der Waals surface area contributed by atoms with Gasteiger partial charge in [-0.3, -0.25) is 5.43 Å². The normalized spacial score (nSPS) is 16.4. The Morgan fingerprint density at radius 1 is 1.06 bits per heavy atom. The molecule has 3 N–H and O–H groups in total. The number of alkyl halides is 3. The molecule has 0 amide bonds. The molecule has 0 aromatic heterocycles. The van der Waals surface area contributed by atoms with Gasteiger partial charge in [-0.05, 0) is 48.9 Å². The van der Waals surface area contributed by atoms with E-state index >= 15 is 0 Å². The Hall–Kier alpha value is -3.37. The minimum atomic E-state index is -4.34. The number of carbonyl (C=O) groups is 2. The number of rotatable bonds is 5. The van der Waals surface area contributed by atoms with Gasteiger partial charge in [0.15, 0.2) is 0 Å². The first-order chi connectivity index (χ1) is 15.1. The third-order valence-electron chi connectivity index (χ3n) is 4.58. The summed E-state index contributed by atoms with van der Waals surface area (Å²) in [4.78, 5) is 19.1. The fraction of sp³-hybridized carbons (Fsp3) is 0.273. The molecule has 1 unspecified atom stereocenters. The van der Waals surface area contributed by atoms with E-state index in [-0.39, 0.29) is 6.10 Å². The molecule has 1 aliphatic rings. The molecular formula is C22H23F3N2O5. The van der Waals surface area contributed by atoms with Crippen molar-refractivity contribution in [3.63, 3.8) is 0 Å². The number of hydrazine groups is 1. The molecule has 172 valence electrons. The van der Waals surface area contributed by atoms with Crippen LogP contribution in [0.4, 0.5) is 13.2 Å². The van der Waals surface area contributed by atoms with Crippen LogP contribution in [0, 0.1) is 0 Å². The molecule has 0 aliphatic carbocycles. The molecule has 3 rings (SSSR count). The Bertz CT molecular complexity index is 929. The van der Waals surface area contributed by atoms with Gasteiger partial charge in [0.05, 0.1) is 12.1 Å². The van der Waals surface area contributed by atoms with Gasteiger partial charge in [-0.15, -0.1) is 0 Å². The van der Waals surface area contributed by atoms with Crippen LogP contribution in [0.1, 0.15) is 22.8 Å². The third-order valence-corrected chi connectivity index (χ3v) is 4.58. The molecule has 32 heavy (non-hydrogen) atoms. The van der Waals surface area contributed by atoms with Crippen molar-refractivity contribution in [2.24, 2.45) is 0 Å². The average Bonchev–Trinajstić information content (AvgIpc) is 2.92. The van der Waals surface area contributed by atoms with Crippen molar-refractivity contribution in [1.29, 1.82) is 0 Å². The number of carboxylic acid groups (broad SMARTS) is 2. The summed E-state index contributed by atoms with van der Waals surface area (Å²) in [7, 11) is 1.85. The maximum Gasteiger partial charge on any atom is 0.416 e. The summed E-state index contributed by atoms with van der Waals surface area (Å²) < 4.78 is 44.0. The van der Waals surface area contributed by atoms with E-state index in [1.54, 1.807) is 0 Å². The number of nitrogens with one attached hydrogen (secondary N) is 1. The van der Waals surface area contributed by atoms with Crippen molar-refractivity contribution in [1.82, 2.24) is 10.4 Å². The van der Waals surface area contributed by atoms with Gasteiger partial charge in [-0.25, -0.2) is 14.6 Å². The zero-order chi connectivity index (χ0) is 23.7. The molecular weight excluding hydrogens is 429 g/mol. The number of hydrogen-bond acceptors (Lipinski definition) is 5. The number of carboxylic acids is 2. The van der Waals surface area contributed by atoms with Crippen molar-refractivity contribution < 1.29 is 37.7 Å². The molecule has 0 radical (unpaired) electrons. The van der Waals surface area contributed by atoms with Gasteiger partial charge < -0.3 is 14.9 Å². The summed E-state index contributed by atoms with van der Waals surface area (Å²) in [5.41, 5.74) is 4.73. The minimum absolute atomic E-state index is 0.243. The number of ether oxygens (including phenoxy) is 1. The Labute approximate surface area is 182 Å². The molecule has 2 aromatic carbocycles. The molecule has 1 heterocycles. The van der Waals surface area contributed by atoms with E-state index < -0.39 is 23.7 Å². The smallest absolute Gasteiger partial charge is 0.416 e. The van der Waals surface area contributed by atoms with E-state index in [1.165, 1.54) is 17.7 Å². The predicted octanol–water partition coefficient (Wildman–Crippen LogP) is 3.53. The van der Waals surface area contributed by atoms with Crippen LogP contribution >= 0.6 is 0 Å². The first kappa shape index (κ1) is 24.9. The van der Waals surface area contributed by atoms with Crippen LogP contribution in [-0.4, -0.2) is 47.3 Å². The first-order valence-corrected chi connectivity index (χ1v) is 9.58. The van der Waals surface area contributed by atoms with Crippen LogP contribution in [0.3, 0.4) is 0 Å². The zero-order valence-electron chi connectivity index (χ0n) is 17.2. The standard InChI is InChI=1S/C18H19F3N2O.C4H4O4/c1-22-23-11-10-13-4-2-3-5-16(13)17(12-23)24-15-8-6-14(7-9-15)18(19,20)21;5-3(6)1-2-4(7)8/h2-9,17,22H,10-12H2,1H3;1-2H,(H,5,6)(H,7,8). The first-order valence-electron chi connectivity index (χ1n) is 9.58. The van der Waals surface area contributed by atoms with Gasteiger partial charge in [0, 0.05) is 18.7 Å². The molecule has 0 bridgehead atoms. The summed E-state index contributed by atoms with van der Waals surface area (Å²) >= 11 is 0. The second kappa shape index (κ2) is 11.3. The lowest BCUT2D eigenvalue weighted by molar-refractivity contribution is -0.137. The van der Waals surface area contributed by atoms with Crippen LogP contribution in [-0.2, 0) is 22.2 Å². The summed E-state index contributed by atoms with van der Waals surface area (Å²) in [6, 6.07) is 12.9. The molecule has 1 atom stereocenters. The number of halogens is 3. The third kappa shape index (κ3) is 7.71. The van der Waals surface area contributed by atoms with Crippen molar-refractivity contribution in [2.75, 3.05) is 20.1 Å². The van der Waals surface area contributed by atoms with Crippen molar-refractivity contribution >= 4 is 11.9 Å². The van der Waals surface area contributed by atoms with E-state index in [0.29, 0.717) is 24.4 Å². The molecule has 0 saturated heterocycles. The van der Waals surface area contributed by atoms with Crippen molar-refractivity contribution in [3.8, 4) is 5.75 Å². The number of nitrogens with zero attached hydrogens (tertiary/aromatic N) is 1. The van der Waals surface area contributed by atoms with Gasteiger partial charge in [0.25, 0.3) is 0 Å². The maximum atomic E-state index is 12.7. The topological polar surface area (TPSA) is 99.1 Å². The highest BCUT2D eigenvalue weighted by molar-refractivity contribution is 5.89. The Morgan fingerprint density at radius 3 is 2.19 bits per heavy atom. The van der Waals surface area contributed by atoms with Crippen molar-refractivity contribution in [2.45, 2.75) is 18.7 Å². The van der Waals surface area contributed by atoms with Crippen molar-refractivity contribution in [3.05, 3.63) is 77.4 Å². The molecule has 0 saturated carbocycles. The zero-order valence-corrected chi connectivity index (χ0v) is 17.2. The highest BCUT2D eigenvalue weighted by Gasteiger charge is 2.30. The Kier molecular flexibility index (Phi) is 8.80. The predicted molar refractivity (Wildman–Crippen MR) is 110 cm³/mol. The van der Waals surface area contributed by atoms with Crippen LogP contribution in [0.25, 0.3) is 0 Å². The van der Waals surface area contributed by atoms with E-state index in [1.807, 2.05) is 25.2 Å². The SMILES string of the molecule is CNN1CCc2ccccc2C(Oc2ccc(C(F)(F)F)cc2)C1.O=C(O)C=CC(=O)O. The second-order valence-electron chi connectivity index (χ2n) is 6.76. The average molecular weight is 452 g/mol. The molecule has 0 spiro atoms. The summed E-state index contributed by atoms with van der Waals surface area (Å²) in [5.74, 6) is -2.08. The maximum absolute atomic E-state index is 12.7. The molecule has 0 fully saturated rings. The highest BCUT2D eigenvalue weighted by Crippen LogP contribution is 2.32. The van der Waals surface area contributed by atoms with Crippen LogP contribution < -0.4 is 10.2 Å². The quantitative estimate of drug-likeness (QED) is 0.597. The Morgan fingerprint density at radius 2 is 1.66 bits per heavy atom. The fourth-order valence-corrected chi connectivity index (χ4v) is 3.05. The highest BCUT2D eigenvalue weighted by atomic mass is 19.4. The second-order valence-corrected chi connectivity index (χ2v) is 6.76. The molecule has 2 aromatic rings. The lowest BCUT2D eigenvalue weighted by Gasteiger charge is -2.25. The van der Waals surface area contributed by atoms with E-state index in [4.69, 9.17) is 14.9 Å². The van der Waals surface area contributed by atoms with Gasteiger partial charge in [-0.1, -0.05) is 24.3 Å². The molecule has 10 heteroatoms. The largest absolute Gasteiger partial charge is 0.484 e. The number of aliphatic carboxylic acids is 2. The summed E-state index contributed by atoms with van der Waals surface area (Å²) in [5, 5.41) is 17.7. The van der Waals surface area contributed by atoms with Gasteiger partial charge in [0.1, 0.15) is 11.9 Å². The lowest BCUT2D eigenvalue weighted by Crippen LogP contribution is -2.39. The monoisotopic (exact) mass is 452 g/mol. The minimum Gasteiger partial charge on any atom is -0.484 e. The van der Waals surface area contributed by atoms with Gasteiger partial charge in [0.2, 0.25) is 0 Å². The molecule has 7 nitrogen and oxygen atoms in total. The summed E-state index contributed by atoms with van der Waals surface area (Å²) in [6.45, 7) is 1.47. The van der Waals surface area contributed by atoms with E-state index in [2.05, 4.69) is 16.5 Å². The Balaban J connectivity index is 0.000000390. The van der Waals surface area contributed by atoms with Gasteiger partial charge >= 0.3 is 18.1 Å². The van der Waals surface area contributed by atoms with E-state index in [0.717, 1.165) is 30.7 Å². The summed E-state index contributed by atoms with van der Waals surface area (Å²) in [6.07, 6.45) is -2.57. The van der Waals surface area contributed by atoms with Crippen LogP contribution in [0.5, 0.6) is 5.75 Å². The fourth-order valence-electron chi connectivity index (χ4n) is 3.05. The van der Waals surface area contributed by atoms with Gasteiger partial charge in [-0.2, -0.15) is 13.2 Å². The van der Waals surface area contributed by atoms with Crippen LogP contribution in [0.2, 0.25) is 0 Å². The molecule has 1 aliphatic heterocycles. The van der Waals surface area contributed by atoms with E-state index in [9.17, 15) is 22.8 Å². The van der Waals surface area contributed by atoms with Crippen LogP contribution in [0.15, 0.2) is 60.7 Å². The number of hydrogen-bond donors (Lipinski definition) is 3.